The van der Waals surface area contributed by atoms with Crippen molar-refractivity contribution >= 4 is 34.5 Å². The molecule has 1 amide bonds. The molecule has 0 bridgehead atoms. The fraction of sp³-hybridized carbons (Fsp3) is 0.231. The molecule has 2 heterocycles. The zero-order chi connectivity index (χ0) is 24.8. The Hall–Kier alpha value is -3.85. The molecule has 9 heteroatoms. The number of hydrogen-bond donors (Lipinski definition) is 1. The summed E-state index contributed by atoms with van der Waals surface area (Å²) < 4.78 is 11.7. The molecule has 2 aromatic carbocycles. The molecule has 1 unspecified atom stereocenters. The number of thioether (sulfide) groups is 1. The van der Waals surface area contributed by atoms with Gasteiger partial charge in [0.25, 0.3) is 5.56 Å². The van der Waals surface area contributed by atoms with Gasteiger partial charge in [0.2, 0.25) is 5.91 Å². The first-order valence-corrected chi connectivity index (χ1v) is 12.1. The number of furan rings is 1. The van der Waals surface area contributed by atoms with Gasteiger partial charge in [0, 0.05) is 6.54 Å². The van der Waals surface area contributed by atoms with Crippen LogP contribution in [-0.2, 0) is 22.5 Å². The molecule has 8 nitrogen and oxygen atoms in total. The molecule has 0 saturated carbocycles. The number of benzene rings is 2. The van der Waals surface area contributed by atoms with Gasteiger partial charge in [0.05, 0.1) is 41.6 Å². The van der Waals surface area contributed by atoms with Crippen LogP contribution in [0.3, 0.4) is 0 Å². The lowest BCUT2D eigenvalue weighted by molar-refractivity contribution is -0.119. The maximum Gasteiger partial charge on any atom is 0.337 e. The van der Waals surface area contributed by atoms with Gasteiger partial charge in [-0.1, -0.05) is 42.1 Å². The summed E-state index contributed by atoms with van der Waals surface area (Å²) in [5, 5.41) is 3.68. The second kappa shape index (κ2) is 11.1. The van der Waals surface area contributed by atoms with Crippen molar-refractivity contribution in [1.82, 2.24) is 14.9 Å². The van der Waals surface area contributed by atoms with Crippen LogP contribution in [0.25, 0.3) is 10.9 Å². The fourth-order valence-corrected chi connectivity index (χ4v) is 4.50. The molecule has 0 aliphatic carbocycles. The maximum absolute atomic E-state index is 13.4. The van der Waals surface area contributed by atoms with E-state index in [1.807, 2.05) is 37.3 Å². The lowest BCUT2D eigenvalue weighted by atomic mass is 10.1. The summed E-state index contributed by atoms with van der Waals surface area (Å²) in [5.41, 5.74) is 1.53. The fourth-order valence-electron chi connectivity index (χ4n) is 3.66. The predicted molar refractivity (Wildman–Crippen MR) is 133 cm³/mol. The van der Waals surface area contributed by atoms with E-state index in [2.05, 4.69) is 10.3 Å². The van der Waals surface area contributed by atoms with Crippen molar-refractivity contribution in [1.29, 1.82) is 0 Å². The minimum atomic E-state index is -0.512. The van der Waals surface area contributed by atoms with Crippen LogP contribution in [0.5, 0.6) is 0 Å². The first-order chi connectivity index (χ1) is 17.0. The Kier molecular flexibility index (Phi) is 7.67. The van der Waals surface area contributed by atoms with Gasteiger partial charge >= 0.3 is 5.97 Å². The second-order valence-corrected chi connectivity index (χ2v) is 8.85. The molecule has 0 aliphatic heterocycles. The van der Waals surface area contributed by atoms with Crippen molar-refractivity contribution in [3.8, 4) is 0 Å². The second-order valence-electron chi connectivity index (χ2n) is 7.90. The Balaban J connectivity index is 1.61. The van der Waals surface area contributed by atoms with E-state index in [4.69, 9.17) is 9.15 Å². The van der Waals surface area contributed by atoms with Crippen molar-refractivity contribution in [2.75, 3.05) is 12.9 Å². The normalized spacial score (nSPS) is 11.8. The molecule has 1 atom stereocenters. The molecule has 0 aliphatic rings. The molecule has 4 rings (SSSR count). The van der Waals surface area contributed by atoms with Gasteiger partial charge in [-0.3, -0.25) is 14.2 Å². The maximum atomic E-state index is 13.4. The summed E-state index contributed by atoms with van der Waals surface area (Å²) in [6.45, 7) is 2.23. The number of fused-ring (bicyclic) bond motifs is 1. The Labute approximate surface area is 206 Å². The highest BCUT2D eigenvalue weighted by atomic mass is 32.2. The highest BCUT2D eigenvalue weighted by molar-refractivity contribution is 7.99. The number of hydrogen-bond acceptors (Lipinski definition) is 7. The van der Waals surface area contributed by atoms with E-state index in [-0.39, 0.29) is 23.3 Å². The lowest BCUT2D eigenvalue weighted by Crippen LogP contribution is -2.29. The number of nitrogens with one attached hydrogen (secondary N) is 1. The van der Waals surface area contributed by atoms with E-state index in [1.54, 1.807) is 35.1 Å². The van der Waals surface area contributed by atoms with Crippen LogP contribution < -0.4 is 10.9 Å². The van der Waals surface area contributed by atoms with Crippen LogP contribution in [0, 0.1) is 0 Å². The van der Waals surface area contributed by atoms with Crippen molar-refractivity contribution in [3.05, 3.63) is 94.2 Å². The molecule has 2 aromatic heterocycles. The average Bonchev–Trinajstić information content (AvgIpc) is 3.42. The van der Waals surface area contributed by atoms with Crippen LogP contribution in [0.2, 0.25) is 0 Å². The van der Waals surface area contributed by atoms with Crippen LogP contribution in [0.15, 0.2) is 81.3 Å². The van der Waals surface area contributed by atoms with Crippen molar-refractivity contribution in [3.63, 3.8) is 0 Å². The number of aryl methyl sites for hydroxylation is 1. The minimum Gasteiger partial charge on any atom is -0.467 e. The smallest absolute Gasteiger partial charge is 0.337 e. The largest absolute Gasteiger partial charge is 0.467 e. The van der Waals surface area contributed by atoms with Gasteiger partial charge in [0.15, 0.2) is 5.16 Å². The number of aromatic nitrogens is 2. The van der Waals surface area contributed by atoms with Crippen LogP contribution in [0.1, 0.15) is 34.6 Å². The standard InChI is InChI=1S/C26H25N3O5S/c1-17(22-9-6-14-34-22)27-23(30)16-35-26-28-21-15-19(25(32)33-2)10-11-20(21)24(31)29(26)13-12-18-7-4-3-5-8-18/h3-11,14-15,17H,12-13,16H2,1-2H3,(H,27,30). The Morgan fingerprint density at radius 1 is 1.14 bits per heavy atom. The summed E-state index contributed by atoms with van der Waals surface area (Å²) in [6.07, 6.45) is 2.18. The third kappa shape index (κ3) is 5.81. The van der Waals surface area contributed by atoms with E-state index >= 15 is 0 Å². The first kappa shape index (κ1) is 24.3. The first-order valence-electron chi connectivity index (χ1n) is 11.1. The van der Waals surface area contributed by atoms with Gasteiger partial charge in [-0.25, -0.2) is 9.78 Å². The zero-order valence-corrected chi connectivity index (χ0v) is 20.2. The summed E-state index contributed by atoms with van der Waals surface area (Å²) in [4.78, 5) is 42.6. The number of methoxy groups -OCH3 is 1. The Morgan fingerprint density at radius 3 is 2.66 bits per heavy atom. The molecule has 1 N–H and O–H groups in total. The molecule has 0 radical (unpaired) electrons. The van der Waals surface area contributed by atoms with E-state index in [9.17, 15) is 14.4 Å². The molecule has 35 heavy (non-hydrogen) atoms. The minimum absolute atomic E-state index is 0.0605. The van der Waals surface area contributed by atoms with Crippen LogP contribution >= 0.6 is 11.8 Å². The van der Waals surface area contributed by atoms with E-state index in [0.717, 1.165) is 5.56 Å². The average molecular weight is 492 g/mol. The van der Waals surface area contributed by atoms with Crippen molar-refractivity contribution < 1.29 is 18.7 Å². The predicted octanol–water partition coefficient (Wildman–Crippen LogP) is 3.99. The molecule has 4 aromatic rings. The van der Waals surface area contributed by atoms with Gasteiger partial charge < -0.3 is 14.5 Å². The third-order valence-corrected chi connectivity index (χ3v) is 6.46. The monoisotopic (exact) mass is 491 g/mol. The number of nitrogens with zero attached hydrogens (tertiary/aromatic N) is 2. The summed E-state index contributed by atoms with van der Waals surface area (Å²) in [7, 11) is 1.30. The quantitative estimate of drug-likeness (QED) is 0.215. The number of rotatable bonds is 9. The molecule has 0 fully saturated rings. The molecule has 180 valence electrons. The summed E-state index contributed by atoms with van der Waals surface area (Å²) in [6, 6.07) is 17.8. The SMILES string of the molecule is COC(=O)c1ccc2c(=O)n(CCc3ccccc3)c(SCC(=O)NC(C)c3ccco3)nc2c1. The van der Waals surface area contributed by atoms with Gasteiger partial charge in [-0.15, -0.1) is 0 Å². The molecule has 0 spiro atoms. The number of esters is 1. The van der Waals surface area contributed by atoms with E-state index in [1.165, 1.54) is 24.9 Å². The molecular formula is C26H25N3O5S. The third-order valence-electron chi connectivity index (χ3n) is 5.49. The van der Waals surface area contributed by atoms with E-state index in [0.29, 0.717) is 40.3 Å². The molecule has 0 saturated heterocycles. The highest BCUT2D eigenvalue weighted by Crippen LogP contribution is 2.20. The highest BCUT2D eigenvalue weighted by Gasteiger charge is 2.17. The molecular weight excluding hydrogens is 466 g/mol. The number of ether oxygens (including phenoxy) is 1. The van der Waals surface area contributed by atoms with Crippen LogP contribution in [0.4, 0.5) is 0 Å². The van der Waals surface area contributed by atoms with Crippen molar-refractivity contribution in [2.24, 2.45) is 0 Å². The lowest BCUT2D eigenvalue weighted by Gasteiger charge is -2.15. The summed E-state index contributed by atoms with van der Waals surface area (Å²) in [5.74, 6) is -0.0127. The number of carbonyl (C=O) groups excluding carboxylic acids is 2. The number of amides is 1. The summed E-state index contributed by atoms with van der Waals surface area (Å²) >= 11 is 1.17. The Bertz CT molecular complexity index is 1380. The van der Waals surface area contributed by atoms with Gasteiger partial charge in [0.1, 0.15) is 5.76 Å². The topological polar surface area (TPSA) is 103 Å². The van der Waals surface area contributed by atoms with Crippen molar-refractivity contribution in [2.45, 2.75) is 31.1 Å². The Morgan fingerprint density at radius 2 is 1.94 bits per heavy atom. The van der Waals surface area contributed by atoms with Gasteiger partial charge in [-0.05, 0) is 49.2 Å². The zero-order valence-electron chi connectivity index (χ0n) is 19.4. The van der Waals surface area contributed by atoms with Crippen LogP contribution in [-0.4, -0.2) is 34.3 Å². The van der Waals surface area contributed by atoms with Gasteiger partial charge in [-0.2, -0.15) is 0 Å². The van der Waals surface area contributed by atoms with E-state index < -0.39 is 5.97 Å². The number of carbonyl (C=O) groups is 2.